The summed E-state index contributed by atoms with van der Waals surface area (Å²) in [5.74, 6) is 0. The Hall–Kier alpha value is -6.77. The molecule has 0 bridgehead atoms. The molecule has 9 aromatic carbocycles. The summed E-state index contributed by atoms with van der Waals surface area (Å²) in [5.41, 5.74) is 12.5. The smallest absolute Gasteiger partial charge is 0.171 e. The minimum absolute atomic E-state index is 0.486. The van der Waals surface area contributed by atoms with Crippen LogP contribution in [0.25, 0.3) is 55.2 Å². The number of hydrogen-bond acceptors (Lipinski definition) is 3. The van der Waals surface area contributed by atoms with E-state index in [1.807, 2.05) is 72.4 Å². The molecule has 10 aromatic rings. The maximum atomic E-state index is 15.2. The van der Waals surface area contributed by atoms with Gasteiger partial charge >= 0.3 is 0 Å². The third-order valence-corrected chi connectivity index (χ3v) is 16.8. The van der Waals surface area contributed by atoms with E-state index in [1.165, 1.54) is 48.6 Å². The molecule has 0 amide bonds. The molecule has 0 fully saturated rings. The topological polar surface area (TPSA) is 30.0 Å². The van der Waals surface area contributed by atoms with E-state index >= 15 is 4.57 Å². The normalized spacial score (nSPS) is 13.5. The van der Waals surface area contributed by atoms with Crippen LogP contribution in [-0.2, 0) is 9.98 Å². The van der Waals surface area contributed by atoms with Gasteiger partial charge < -0.3 is 4.57 Å². The van der Waals surface area contributed by atoms with Gasteiger partial charge in [0.25, 0.3) is 0 Å². The average molecular weight is 802 g/mol. The minimum atomic E-state index is -3.10. The largest absolute Gasteiger partial charge is 0.309 e. The van der Waals surface area contributed by atoms with E-state index in [2.05, 4.69) is 158 Å². The molecule has 1 aliphatic carbocycles. The Balaban J connectivity index is 1.10. The van der Waals surface area contributed by atoms with Crippen molar-refractivity contribution in [3.05, 3.63) is 241 Å². The second-order valence-electron chi connectivity index (χ2n) is 15.7. The fourth-order valence-electron chi connectivity index (χ4n) is 9.93. The van der Waals surface area contributed by atoms with E-state index in [4.69, 9.17) is 4.98 Å². The van der Waals surface area contributed by atoms with E-state index < -0.39 is 12.6 Å². The first-order valence-corrected chi connectivity index (χ1v) is 22.9. The summed E-state index contributed by atoms with van der Waals surface area (Å²) in [6.07, 6.45) is 0. The zero-order valence-electron chi connectivity index (χ0n) is 32.5. The molecule has 2 heterocycles. The summed E-state index contributed by atoms with van der Waals surface area (Å²) in [4.78, 5) is 7.96. The highest BCUT2D eigenvalue weighted by atomic mass is 32.2. The van der Waals surface area contributed by atoms with Crippen LogP contribution < -0.4 is 15.9 Å². The second kappa shape index (κ2) is 13.6. The van der Waals surface area contributed by atoms with E-state index in [9.17, 15) is 0 Å². The van der Waals surface area contributed by atoms with Crippen LogP contribution in [0.1, 0.15) is 22.3 Å². The van der Waals surface area contributed by atoms with Gasteiger partial charge in [0, 0.05) is 42.0 Å². The van der Waals surface area contributed by atoms with E-state index in [0.717, 1.165) is 54.6 Å². The van der Waals surface area contributed by atoms with Crippen LogP contribution in [0.5, 0.6) is 0 Å². The van der Waals surface area contributed by atoms with Crippen LogP contribution in [0, 0.1) is 0 Å². The zero-order valence-corrected chi connectivity index (χ0v) is 34.2. The van der Waals surface area contributed by atoms with Crippen molar-refractivity contribution < 1.29 is 4.57 Å². The number of fused-ring (bicyclic) bond motifs is 12. The molecule has 1 aromatic heterocycles. The zero-order chi connectivity index (χ0) is 39.8. The third-order valence-electron chi connectivity index (χ3n) is 12.6. The molecule has 12 rings (SSSR count). The van der Waals surface area contributed by atoms with Gasteiger partial charge in [0.1, 0.15) is 0 Å². The molecule has 1 aliphatic heterocycles. The maximum Gasteiger partial charge on any atom is 0.171 e. The lowest BCUT2D eigenvalue weighted by atomic mass is 9.67. The summed E-state index contributed by atoms with van der Waals surface area (Å²) in [5, 5.41) is 5.89. The van der Waals surface area contributed by atoms with Crippen LogP contribution in [0.3, 0.4) is 0 Å². The van der Waals surface area contributed by atoms with Crippen molar-refractivity contribution in [1.82, 2.24) is 4.98 Å². The number of nitrogens with zero attached hydrogens (tertiary/aromatic N) is 1. The van der Waals surface area contributed by atoms with Gasteiger partial charge in [-0.2, -0.15) is 0 Å². The molecule has 0 N–H and O–H groups in total. The summed E-state index contributed by atoms with van der Waals surface area (Å²) >= 11 is 1.87. The van der Waals surface area contributed by atoms with Crippen LogP contribution in [0.15, 0.2) is 228 Å². The second-order valence-corrected chi connectivity index (χ2v) is 19.6. The Morgan fingerprint density at radius 2 is 0.917 bits per heavy atom. The lowest BCUT2D eigenvalue weighted by molar-refractivity contribution is 0.592. The summed E-state index contributed by atoms with van der Waals surface area (Å²) in [7, 11) is -3.10. The standard InChI is InChI=1S/C56H36NOPS/c58-59(40-18-6-2-7-19-40,41-20-8-3-9-21-41)42-31-28-37(29-32-42)39-30-33-52-46(34-39)45-35-51-54(36-47(45)55(57-52)38-16-4-1-5-17-38)60-53-27-15-14-26-50(53)56(51)48-24-12-10-22-43(48)44-23-11-13-25-49(44)56/h1-36H. The molecule has 0 unspecified atom stereocenters. The van der Waals surface area contributed by atoms with Gasteiger partial charge in [-0.15, -0.1) is 0 Å². The molecule has 2 nitrogen and oxygen atoms in total. The highest BCUT2D eigenvalue weighted by molar-refractivity contribution is 7.99. The van der Waals surface area contributed by atoms with Crippen molar-refractivity contribution in [2.75, 3.05) is 0 Å². The predicted octanol–water partition coefficient (Wildman–Crippen LogP) is 13.2. The van der Waals surface area contributed by atoms with Gasteiger partial charge in [-0.3, -0.25) is 0 Å². The molecular formula is C56H36NOPS. The van der Waals surface area contributed by atoms with Gasteiger partial charge in [-0.05, 0) is 80.2 Å². The van der Waals surface area contributed by atoms with Crippen LogP contribution in [0.2, 0.25) is 0 Å². The molecule has 2 aliphatic rings. The summed E-state index contributed by atoms with van der Waals surface area (Å²) < 4.78 is 15.2. The van der Waals surface area contributed by atoms with Gasteiger partial charge in [0.2, 0.25) is 0 Å². The number of hydrogen-bond donors (Lipinski definition) is 0. The van der Waals surface area contributed by atoms with Gasteiger partial charge in [-0.25, -0.2) is 4.98 Å². The SMILES string of the molecule is O=P(c1ccccc1)(c1ccccc1)c1ccc(-c2ccc3nc(-c4ccccc4)c4cc5c(cc4c3c2)C2(c3ccccc3S5)c3ccccc3-c3ccccc32)cc1. The van der Waals surface area contributed by atoms with Crippen molar-refractivity contribution >= 4 is 56.5 Å². The maximum absolute atomic E-state index is 15.2. The monoisotopic (exact) mass is 801 g/mol. The van der Waals surface area contributed by atoms with Crippen LogP contribution in [-0.4, -0.2) is 4.98 Å². The Morgan fingerprint density at radius 3 is 1.57 bits per heavy atom. The minimum Gasteiger partial charge on any atom is -0.309 e. The third kappa shape index (κ3) is 5.10. The van der Waals surface area contributed by atoms with Gasteiger partial charge in [0.15, 0.2) is 7.14 Å². The first-order valence-electron chi connectivity index (χ1n) is 20.4. The molecule has 1 spiro atoms. The number of aromatic nitrogens is 1. The fraction of sp³-hybridized carbons (Fsp3) is 0.0179. The summed E-state index contributed by atoms with van der Waals surface area (Å²) in [6.45, 7) is 0. The van der Waals surface area contributed by atoms with Crippen LogP contribution in [0.4, 0.5) is 0 Å². The van der Waals surface area contributed by atoms with Gasteiger partial charge in [0.05, 0.1) is 16.6 Å². The Morgan fingerprint density at radius 1 is 0.383 bits per heavy atom. The highest BCUT2D eigenvalue weighted by Crippen LogP contribution is 2.62. The predicted molar refractivity (Wildman–Crippen MR) is 251 cm³/mol. The quantitative estimate of drug-likeness (QED) is 0.128. The molecule has 282 valence electrons. The number of pyridine rings is 1. The highest BCUT2D eigenvalue weighted by Gasteiger charge is 2.50. The van der Waals surface area contributed by atoms with Gasteiger partial charge in [-0.1, -0.05) is 200 Å². The fourth-order valence-corrected chi connectivity index (χ4v) is 13.8. The Kier molecular flexibility index (Phi) is 8.00. The van der Waals surface area contributed by atoms with Crippen molar-refractivity contribution in [3.8, 4) is 33.5 Å². The molecule has 0 atom stereocenters. The number of benzene rings is 9. The van der Waals surface area contributed by atoms with Crippen LogP contribution >= 0.6 is 18.9 Å². The lowest BCUT2D eigenvalue weighted by Crippen LogP contribution is -2.32. The molecule has 0 radical (unpaired) electrons. The number of rotatable bonds is 5. The van der Waals surface area contributed by atoms with E-state index in [0.29, 0.717) is 0 Å². The summed E-state index contributed by atoms with van der Waals surface area (Å²) in [6, 6.07) is 77.2. The van der Waals surface area contributed by atoms with Crippen molar-refractivity contribution in [2.24, 2.45) is 0 Å². The first kappa shape index (κ1) is 35.2. The first-order chi connectivity index (χ1) is 29.6. The van der Waals surface area contributed by atoms with Crippen molar-refractivity contribution in [3.63, 3.8) is 0 Å². The Bertz CT molecular complexity index is 3280. The molecular weight excluding hydrogens is 766 g/mol. The molecule has 0 saturated heterocycles. The average Bonchev–Trinajstić information content (AvgIpc) is 3.62. The van der Waals surface area contributed by atoms with E-state index in [1.54, 1.807) is 0 Å². The Labute approximate surface area is 353 Å². The van der Waals surface area contributed by atoms with Crippen molar-refractivity contribution in [2.45, 2.75) is 15.2 Å². The molecule has 60 heavy (non-hydrogen) atoms. The van der Waals surface area contributed by atoms with E-state index in [-0.39, 0.29) is 0 Å². The molecule has 4 heteroatoms. The molecule has 0 saturated carbocycles. The lowest BCUT2D eigenvalue weighted by Gasteiger charge is -2.40. The van der Waals surface area contributed by atoms with Crippen molar-refractivity contribution in [1.29, 1.82) is 0 Å².